The second kappa shape index (κ2) is 8.99. The van der Waals surface area contributed by atoms with Crippen LogP contribution in [0, 0.1) is 18.7 Å². The van der Waals surface area contributed by atoms with E-state index in [1.165, 1.54) is 12.1 Å². The summed E-state index contributed by atoms with van der Waals surface area (Å²) in [6.45, 7) is 1.64. The van der Waals surface area contributed by atoms with Crippen LogP contribution in [0.3, 0.4) is 0 Å². The molecule has 2 aromatic rings. The zero-order valence-electron chi connectivity index (χ0n) is 16.9. The highest BCUT2D eigenvalue weighted by Gasteiger charge is 2.30. The van der Waals surface area contributed by atoms with Gasteiger partial charge >= 0.3 is 6.18 Å². The Morgan fingerprint density at radius 3 is 2.58 bits per heavy atom. The Morgan fingerprint density at radius 1 is 1.23 bits per heavy atom. The number of ketones is 1. The minimum Gasteiger partial charge on any atom is -0.481 e. The lowest BCUT2D eigenvalue weighted by Crippen LogP contribution is -2.28. The van der Waals surface area contributed by atoms with Crippen molar-refractivity contribution >= 4 is 11.7 Å². The van der Waals surface area contributed by atoms with Gasteiger partial charge in [-0.15, -0.1) is 0 Å². The van der Waals surface area contributed by atoms with Crippen LogP contribution in [0.2, 0.25) is 0 Å². The van der Waals surface area contributed by atoms with E-state index in [-0.39, 0.29) is 29.6 Å². The summed E-state index contributed by atoms with van der Waals surface area (Å²) < 4.78 is 55.3. The van der Waals surface area contributed by atoms with Crippen molar-refractivity contribution in [3.05, 3.63) is 52.9 Å². The molecule has 1 saturated carbocycles. The Hall–Kier alpha value is -3.04. The van der Waals surface area contributed by atoms with Gasteiger partial charge in [-0.2, -0.15) is 13.2 Å². The van der Waals surface area contributed by atoms with E-state index in [4.69, 9.17) is 0 Å². The highest BCUT2D eigenvalue weighted by Crippen LogP contribution is 2.30. The van der Waals surface area contributed by atoms with Gasteiger partial charge < -0.3 is 10.1 Å². The molecule has 0 spiro atoms. The summed E-state index contributed by atoms with van der Waals surface area (Å²) in [5, 5.41) is 2.66. The highest BCUT2D eigenvalue weighted by molar-refractivity contribution is 5.93. The average molecular weight is 439 g/mol. The summed E-state index contributed by atoms with van der Waals surface area (Å²) in [4.78, 5) is 33.0. The Bertz CT molecular complexity index is 990. The number of rotatable bonds is 8. The minimum absolute atomic E-state index is 0.0445. The fourth-order valence-electron chi connectivity index (χ4n) is 2.94. The Kier molecular flexibility index (Phi) is 6.56. The predicted octanol–water partition coefficient (Wildman–Crippen LogP) is 3.88. The van der Waals surface area contributed by atoms with Crippen molar-refractivity contribution in [1.82, 2.24) is 15.3 Å². The Balaban J connectivity index is 1.70. The highest BCUT2D eigenvalue weighted by atomic mass is 19.4. The zero-order valence-corrected chi connectivity index (χ0v) is 16.9. The van der Waals surface area contributed by atoms with Crippen molar-refractivity contribution in [2.75, 3.05) is 6.61 Å². The maximum Gasteiger partial charge on any atom is 0.422 e. The van der Waals surface area contributed by atoms with Crippen LogP contribution in [-0.2, 0) is 11.2 Å². The number of amides is 1. The van der Waals surface area contributed by atoms with Gasteiger partial charge in [-0.3, -0.25) is 9.59 Å². The molecule has 1 aromatic heterocycles. The lowest BCUT2D eigenvalue weighted by atomic mass is 10.1. The van der Waals surface area contributed by atoms with E-state index in [1.807, 2.05) is 0 Å². The molecule has 0 saturated heterocycles. The van der Waals surface area contributed by atoms with Crippen molar-refractivity contribution in [2.24, 2.45) is 5.92 Å². The number of Topliss-reactive ketones (excluding diaryl/α,β-unsaturated/α-hetero) is 1. The van der Waals surface area contributed by atoms with E-state index in [9.17, 15) is 27.2 Å². The minimum atomic E-state index is -4.61. The third kappa shape index (κ3) is 6.47. The van der Waals surface area contributed by atoms with Crippen LogP contribution in [-0.4, -0.2) is 34.4 Å². The summed E-state index contributed by atoms with van der Waals surface area (Å²) in [5.41, 5.74) is 0.937. The second-order valence-corrected chi connectivity index (χ2v) is 7.52. The smallest absolute Gasteiger partial charge is 0.422 e. The van der Waals surface area contributed by atoms with E-state index < -0.39 is 36.3 Å². The first-order valence-corrected chi connectivity index (χ1v) is 9.69. The topological polar surface area (TPSA) is 81.2 Å². The van der Waals surface area contributed by atoms with E-state index in [0.717, 1.165) is 25.0 Å². The quantitative estimate of drug-likeness (QED) is 0.632. The molecule has 0 radical (unpaired) electrons. The maximum absolute atomic E-state index is 13.8. The number of hydrogen-bond acceptors (Lipinski definition) is 5. The number of aryl methyl sites for hydroxylation is 1. The SMILES string of the molecule is Cc1cc(C(=O)NC(C)c2ccc(F)c(OCC(F)(F)F)c2)nc(CC(=O)C2CC2)n1. The summed E-state index contributed by atoms with van der Waals surface area (Å²) in [7, 11) is 0. The molecular weight excluding hydrogens is 418 g/mol. The molecule has 0 bridgehead atoms. The van der Waals surface area contributed by atoms with E-state index in [2.05, 4.69) is 20.0 Å². The number of nitrogens with zero attached hydrogens (tertiary/aromatic N) is 2. The molecule has 1 atom stereocenters. The lowest BCUT2D eigenvalue weighted by Gasteiger charge is -2.17. The average Bonchev–Trinajstić information content (AvgIpc) is 3.51. The molecule has 166 valence electrons. The molecule has 1 fully saturated rings. The van der Waals surface area contributed by atoms with Gasteiger partial charge in [-0.25, -0.2) is 14.4 Å². The predicted molar refractivity (Wildman–Crippen MR) is 102 cm³/mol. The molecule has 31 heavy (non-hydrogen) atoms. The zero-order chi connectivity index (χ0) is 22.8. The molecular formula is C21H21F4N3O3. The Labute approximate surface area is 176 Å². The van der Waals surface area contributed by atoms with Crippen molar-refractivity contribution in [2.45, 2.75) is 45.3 Å². The van der Waals surface area contributed by atoms with Crippen molar-refractivity contribution < 1.29 is 31.9 Å². The van der Waals surface area contributed by atoms with Gasteiger partial charge in [0, 0.05) is 11.6 Å². The van der Waals surface area contributed by atoms with E-state index in [1.54, 1.807) is 13.8 Å². The van der Waals surface area contributed by atoms with Gasteiger partial charge in [0.05, 0.1) is 12.5 Å². The summed E-state index contributed by atoms with van der Waals surface area (Å²) in [5.74, 6) is -1.70. The number of aromatic nitrogens is 2. The van der Waals surface area contributed by atoms with Crippen molar-refractivity contribution in [3.63, 3.8) is 0 Å². The molecule has 6 nitrogen and oxygen atoms in total. The fourth-order valence-corrected chi connectivity index (χ4v) is 2.94. The number of ether oxygens (including phenoxy) is 1. The third-order valence-electron chi connectivity index (χ3n) is 4.69. The van der Waals surface area contributed by atoms with Crippen molar-refractivity contribution in [3.8, 4) is 5.75 Å². The number of carbonyl (C=O) groups is 2. The Morgan fingerprint density at radius 2 is 1.94 bits per heavy atom. The largest absolute Gasteiger partial charge is 0.481 e. The van der Waals surface area contributed by atoms with Crippen LogP contribution in [0.5, 0.6) is 5.75 Å². The van der Waals surface area contributed by atoms with Crippen LogP contribution >= 0.6 is 0 Å². The van der Waals surface area contributed by atoms with Gasteiger partial charge in [0.25, 0.3) is 5.91 Å². The van der Waals surface area contributed by atoms with Gasteiger partial charge in [0.2, 0.25) is 0 Å². The molecule has 0 aliphatic heterocycles. The molecule has 1 aliphatic carbocycles. The lowest BCUT2D eigenvalue weighted by molar-refractivity contribution is -0.153. The molecule has 10 heteroatoms. The van der Waals surface area contributed by atoms with Crippen LogP contribution < -0.4 is 10.1 Å². The number of halogens is 4. The maximum atomic E-state index is 13.8. The van der Waals surface area contributed by atoms with Crippen LogP contribution in [0.25, 0.3) is 0 Å². The van der Waals surface area contributed by atoms with Gasteiger partial charge in [-0.05, 0) is 50.5 Å². The molecule has 1 heterocycles. The summed E-state index contributed by atoms with van der Waals surface area (Å²) >= 11 is 0. The first-order valence-electron chi connectivity index (χ1n) is 9.69. The third-order valence-corrected chi connectivity index (χ3v) is 4.69. The number of carbonyl (C=O) groups excluding carboxylic acids is 2. The van der Waals surface area contributed by atoms with E-state index in [0.29, 0.717) is 11.3 Å². The number of alkyl halides is 3. The van der Waals surface area contributed by atoms with Gasteiger partial charge in [-0.1, -0.05) is 6.07 Å². The molecule has 1 aromatic carbocycles. The first-order chi connectivity index (χ1) is 14.5. The summed E-state index contributed by atoms with van der Waals surface area (Å²) in [6.07, 6.45) is -2.82. The van der Waals surface area contributed by atoms with Gasteiger partial charge in [0.1, 0.15) is 17.3 Å². The van der Waals surface area contributed by atoms with Crippen LogP contribution in [0.1, 0.15) is 53.4 Å². The molecule has 3 rings (SSSR count). The standard InChI is InChI=1S/C21H21F4N3O3/c1-11-7-16(28-19(26-11)9-17(29)13-3-4-13)20(30)27-12(2)14-5-6-15(22)18(8-14)31-10-21(23,24)25/h5-8,12-13H,3-4,9-10H2,1-2H3,(H,27,30). The van der Waals surface area contributed by atoms with Crippen LogP contribution in [0.4, 0.5) is 17.6 Å². The molecule has 1 N–H and O–H groups in total. The monoisotopic (exact) mass is 439 g/mol. The van der Waals surface area contributed by atoms with E-state index >= 15 is 0 Å². The van der Waals surface area contributed by atoms with Gasteiger partial charge in [0.15, 0.2) is 18.2 Å². The normalized spacial score (nSPS) is 14.8. The van der Waals surface area contributed by atoms with Crippen LogP contribution in [0.15, 0.2) is 24.3 Å². The second-order valence-electron chi connectivity index (χ2n) is 7.52. The number of nitrogens with one attached hydrogen (secondary N) is 1. The summed E-state index contributed by atoms with van der Waals surface area (Å²) in [6, 6.07) is 4.21. The first kappa shape index (κ1) is 22.6. The number of hydrogen-bond donors (Lipinski definition) is 1. The number of benzene rings is 1. The molecule has 1 unspecified atom stereocenters. The molecule has 1 amide bonds. The van der Waals surface area contributed by atoms with Crippen molar-refractivity contribution in [1.29, 1.82) is 0 Å². The molecule has 1 aliphatic rings. The fraction of sp³-hybridized carbons (Fsp3) is 0.429.